The van der Waals surface area contributed by atoms with Crippen LogP contribution in [0.3, 0.4) is 0 Å². The number of benzene rings is 1. The molecule has 1 fully saturated rings. The second kappa shape index (κ2) is 5.60. The molecule has 0 unspecified atom stereocenters. The molecular weight excluding hydrogens is 269 g/mol. The van der Waals surface area contributed by atoms with Crippen LogP contribution in [0.25, 0.3) is 0 Å². The van der Waals surface area contributed by atoms with Crippen LogP contribution in [0, 0.1) is 0 Å². The van der Waals surface area contributed by atoms with Crippen LogP contribution in [0.5, 0.6) is 0 Å². The van der Waals surface area contributed by atoms with Crippen LogP contribution in [-0.4, -0.2) is 54.2 Å². The van der Waals surface area contributed by atoms with Crippen molar-refractivity contribution >= 4 is 22.6 Å². The summed E-state index contributed by atoms with van der Waals surface area (Å²) in [6.07, 6.45) is 1.39. The molecule has 0 bridgehead atoms. The van der Waals surface area contributed by atoms with E-state index in [0.29, 0.717) is 13.0 Å². The van der Waals surface area contributed by atoms with Gasteiger partial charge in [-0.15, -0.1) is 0 Å². The normalized spacial score (nSPS) is 20.7. The standard InChI is InChI=1S/C11H16BNO5S/c14-8-10-2-1-7-13(10)19(17,18)11-5-3-9(4-6-11)12(15)16/h3-6,10,14-16H,1-2,7-8H2/t10-/m1/s1. The molecule has 1 saturated heterocycles. The smallest absolute Gasteiger partial charge is 0.423 e. The molecule has 8 heteroatoms. The Labute approximate surface area is 112 Å². The fourth-order valence-electron chi connectivity index (χ4n) is 2.26. The van der Waals surface area contributed by atoms with Crippen molar-refractivity contribution in [1.82, 2.24) is 4.31 Å². The maximum absolute atomic E-state index is 12.4. The molecule has 104 valence electrons. The Kier molecular flexibility index (Phi) is 4.27. The van der Waals surface area contributed by atoms with Crippen molar-refractivity contribution in [2.24, 2.45) is 0 Å². The van der Waals surface area contributed by atoms with Crippen molar-refractivity contribution in [2.75, 3.05) is 13.2 Å². The van der Waals surface area contributed by atoms with E-state index in [4.69, 9.17) is 10.0 Å². The summed E-state index contributed by atoms with van der Waals surface area (Å²) in [5, 5.41) is 27.1. The van der Waals surface area contributed by atoms with E-state index >= 15 is 0 Å². The van der Waals surface area contributed by atoms with Gasteiger partial charge in [0, 0.05) is 12.6 Å². The molecule has 1 aliphatic rings. The highest BCUT2D eigenvalue weighted by molar-refractivity contribution is 7.89. The van der Waals surface area contributed by atoms with E-state index in [1.807, 2.05) is 0 Å². The van der Waals surface area contributed by atoms with Crippen molar-refractivity contribution < 1.29 is 23.6 Å². The Morgan fingerprint density at radius 2 is 1.89 bits per heavy atom. The van der Waals surface area contributed by atoms with E-state index in [1.165, 1.54) is 28.6 Å². The van der Waals surface area contributed by atoms with Crippen LogP contribution < -0.4 is 5.46 Å². The van der Waals surface area contributed by atoms with E-state index < -0.39 is 17.1 Å². The molecule has 1 aromatic carbocycles. The summed E-state index contributed by atoms with van der Waals surface area (Å²) >= 11 is 0. The van der Waals surface area contributed by atoms with Gasteiger partial charge < -0.3 is 15.2 Å². The summed E-state index contributed by atoms with van der Waals surface area (Å²) in [6.45, 7) is 0.213. The van der Waals surface area contributed by atoms with Gasteiger partial charge in [0.15, 0.2) is 0 Å². The molecule has 1 aliphatic heterocycles. The Morgan fingerprint density at radius 3 is 2.42 bits per heavy atom. The molecule has 1 aromatic rings. The van der Waals surface area contributed by atoms with Gasteiger partial charge in [0.1, 0.15) is 0 Å². The van der Waals surface area contributed by atoms with Gasteiger partial charge in [-0.2, -0.15) is 4.31 Å². The zero-order valence-electron chi connectivity index (χ0n) is 10.3. The molecule has 0 radical (unpaired) electrons. The Bertz CT molecular complexity index is 531. The summed E-state index contributed by atoms with van der Waals surface area (Å²) in [6, 6.07) is 5.05. The van der Waals surface area contributed by atoms with Gasteiger partial charge in [-0.05, 0) is 30.4 Å². The first-order chi connectivity index (χ1) is 8.96. The van der Waals surface area contributed by atoms with Gasteiger partial charge in [0.2, 0.25) is 10.0 Å². The first-order valence-corrected chi connectivity index (χ1v) is 7.49. The van der Waals surface area contributed by atoms with Gasteiger partial charge in [0.25, 0.3) is 0 Å². The SMILES string of the molecule is O=S(=O)(c1ccc(B(O)O)cc1)N1CCC[C@@H]1CO. The number of aliphatic hydroxyl groups excluding tert-OH is 1. The summed E-state index contributed by atoms with van der Waals surface area (Å²) < 4.78 is 26.1. The van der Waals surface area contributed by atoms with E-state index in [0.717, 1.165) is 6.42 Å². The lowest BCUT2D eigenvalue weighted by Gasteiger charge is -2.22. The molecule has 3 N–H and O–H groups in total. The largest absolute Gasteiger partial charge is 0.488 e. The highest BCUT2D eigenvalue weighted by Gasteiger charge is 2.34. The molecule has 1 heterocycles. The summed E-state index contributed by atoms with van der Waals surface area (Å²) in [7, 11) is -5.25. The number of aliphatic hydroxyl groups is 1. The predicted molar refractivity (Wildman–Crippen MR) is 70.3 cm³/mol. The van der Waals surface area contributed by atoms with Crippen LogP contribution >= 0.6 is 0 Å². The molecule has 0 aliphatic carbocycles. The fourth-order valence-corrected chi connectivity index (χ4v) is 3.94. The lowest BCUT2D eigenvalue weighted by Crippen LogP contribution is -2.38. The summed E-state index contributed by atoms with van der Waals surface area (Å²) in [4.78, 5) is 0.0947. The zero-order chi connectivity index (χ0) is 14.0. The first-order valence-electron chi connectivity index (χ1n) is 6.05. The quantitative estimate of drug-likeness (QED) is 0.586. The maximum Gasteiger partial charge on any atom is 0.488 e. The van der Waals surface area contributed by atoms with E-state index in [1.54, 1.807) is 0 Å². The van der Waals surface area contributed by atoms with Crippen LogP contribution in [0.1, 0.15) is 12.8 Å². The molecule has 2 rings (SSSR count). The third kappa shape index (κ3) is 2.82. The highest BCUT2D eigenvalue weighted by atomic mass is 32.2. The van der Waals surface area contributed by atoms with Crippen molar-refractivity contribution in [3.05, 3.63) is 24.3 Å². The third-order valence-corrected chi connectivity index (χ3v) is 5.28. The molecule has 1 atom stereocenters. The minimum Gasteiger partial charge on any atom is -0.423 e. The average molecular weight is 285 g/mol. The number of rotatable bonds is 4. The molecular formula is C11H16BNO5S. The van der Waals surface area contributed by atoms with Crippen LogP contribution in [0.15, 0.2) is 29.2 Å². The molecule has 0 amide bonds. The molecule has 6 nitrogen and oxygen atoms in total. The van der Waals surface area contributed by atoms with Gasteiger partial charge in [-0.1, -0.05) is 12.1 Å². The second-order valence-corrected chi connectivity index (χ2v) is 6.43. The van der Waals surface area contributed by atoms with Gasteiger partial charge in [-0.25, -0.2) is 8.42 Å². The maximum atomic E-state index is 12.4. The highest BCUT2D eigenvalue weighted by Crippen LogP contribution is 2.25. The number of nitrogens with zero attached hydrogens (tertiary/aromatic N) is 1. The van der Waals surface area contributed by atoms with Crippen molar-refractivity contribution in [3.63, 3.8) is 0 Å². The van der Waals surface area contributed by atoms with E-state index in [-0.39, 0.29) is 23.0 Å². The summed E-state index contributed by atoms with van der Waals surface area (Å²) in [5.74, 6) is 0. The van der Waals surface area contributed by atoms with Crippen LogP contribution in [0.2, 0.25) is 0 Å². The van der Waals surface area contributed by atoms with Gasteiger partial charge in [0.05, 0.1) is 11.5 Å². The zero-order valence-corrected chi connectivity index (χ0v) is 11.1. The van der Waals surface area contributed by atoms with Crippen molar-refractivity contribution in [1.29, 1.82) is 0 Å². The second-order valence-electron chi connectivity index (χ2n) is 4.54. The lowest BCUT2D eigenvalue weighted by molar-refractivity contribution is 0.213. The number of hydrogen-bond acceptors (Lipinski definition) is 5. The predicted octanol–water partition coefficient (Wildman–Crippen LogP) is -1.49. The molecule has 0 saturated carbocycles. The van der Waals surface area contributed by atoms with Crippen molar-refractivity contribution in [3.8, 4) is 0 Å². The van der Waals surface area contributed by atoms with Gasteiger partial charge in [-0.3, -0.25) is 0 Å². The monoisotopic (exact) mass is 285 g/mol. The minimum absolute atomic E-state index is 0.0947. The third-order valence-electron chi connectivity index (χ3n) is 3.32. The fraction of sp³-hybridized carbons (Fsp3) is 0.455. The summed E-state index contributed by atoms with van der Waals surface area (Å²) in [5.41, 5.74) is 0.235. The minimum atomic E-state index is -3.63. The van der Waals surface area contributed by atoms with E-state index in [9.17, 15) is 13.5 Å². The van der Waals surface area contributed by atoms with E-state index in [2.05, 4.69) is 0 Å². The lowest BCUT2D eigenvalue weighted by atomic mass is 9.81. The molecule has 0 aromatic heterocycles. The number of sulfonamides is 1. The Morgan fingerprint density at radius 1 is 1.26 bits per heavy atom. The molecule has 19 heavy (non-hydrogen) atoms. The average Bonchev–Trinajstić information content (AvgIpc) is 2.87. The number of hydrogen-bond donors (Lipinski definition) is 3. The van der Waals surface area contributed by atoms with Crippen LogP contribution in [0.4, 0.5) is 0 Å². The Hall–Kier alpha value is -0.925. The topological polar surface area (TPSA) is 98.1 Å². The van der Waals surface area contributed by atoms with Gasteiger partial charge >= 0.3 is 7.12 Å². The van der Waals surface area contributed by atoms with Crippen molar-refractivity contribution in [2.45, 2.75) is 23.8 Å². The van der Waals surface area contributed by atoms with Crippen LogP contribution in [-0.2, 0) is 10.0 Å². The Balaban J connectivity index is 2.29. The molecule has 0 spiro atoms. The first kappa shape index (κ1) is 14.5.